The second-order valence-corrected chi connectivity index (χ2v) is 8.40. The molecule has 0 bridgehead atoms. The van der Waals surface area contributed by atoms with E-state index >= 15 is 0 Å². The number of ketones is 1. The van der Waals surface area contributed by atoms with E-state index in [1.807, 2.05) is 6.08 Å². The highest BCUT2D eigenvalue weighted by Gasteiger charge is 2.51. The lowest BCUT2D eigenvalue weighted by Gasteiger charge is -2.56. The summed E-state index contributed by atoms with van der Waals surface area (Å²) < 4.78 is 0. The van der Waals surface area contributed by atoms with Gasteiger partial charge < -0.3 is 4.79 Å². The smallest absolute Gasteiger partial charge is 0.156 e. The van der Waals surface area contributed by atoms with Gasteiger partial charge in [-0.3, -0.25) is 4.79 Å². The van der Waals surface area contributed by atoms with Crippen molar-refractivity contribution in [3.63, 3.8) is 0 Å². The highest BCUT2D eigenvalue weighted by Crippen LogP contribution is 2.60. The molecule has 2 heteroatoms. The zero-order chi connectivity index (χ0) is 16.0. The summed E-state index contributed by atoms with van der Waals surface area (Å²) in [5.41, 5.74) is 1.71. The molecular weight excluding hydrogens is 272 g/mol. The van der Waals surface area contributed by atoms with Crippen LogP contribution < -0.4 is 0 Å². The Kier molecular flexibility index (Phi) is 3.91. The molecule has 1 saturated carbocycles. The van der Waals surface area contributed by atoms with Gasteiger partial charge in [-0.05, 0) is 65.9 Å². The largest absolute Gasteiger partial charge is 0.303 e. The molecule has 22 heavy (non-hydrogen) atoms. The van der Waals surface area contributed by atoms with Gasteiger partial charge in [-0.25, -0.2) is 0 Å². The molecule has 0 aliphatic heterocycles. The second-order valence-electron chi connectivity index (χ2n) is 8.40. The third-order valence-electron chi connectivity index (χ3n) is 6.81. The van der Waals surface area contributed by atoms with Gasteiger partial charge in [-0.2, -0.15) is 0 Å². The number of hydrogen-bond acceptors (Lipinski definition) is 2. The van der Waals surface area contributed by atoms with Crippen LogP contribution in [0.1, 0.15) is 59.3 Å². The van der Waals surface area contributed by atoms with Gasteiger partial charge in [0.2, 0.25) is 0 Å². The van der Waals surface area contributed by atoms with E-state index in [4.69, 9.17) is 0 Å². The van der Waals surface area contributed by atoms with E-state index in [0.717, 1.165) is 19.1 Å². The first-order chi connectivity index (χ1) is 10.4. The Morgan fingerprint density at radius 1 is 1.27 bits per heavy atom. The van der Waals surface area contributed by atoms with Gasteiger partial charge in [-0.15, -0.1) is 0 Å². The Morgan fingerprint density at radius 3 is 2.77 bits per heavy atom. The van der Waals surface area contributed by atoms with Crippen molar-refractivity contribution >= 4 is 12.1 Å². The Morgan fingerprint density at radius 2 is 2.05 bits per heavy atom. The summed E-state index contributed by atoms with van der Waals surface area (Å²) in [6, 6.07) is 0. The molecule has 0 spiro atoms. The standard InChI is InChI=1S/C20H28O2/c1-19(2)10-9-18-16(17(19)5-4-12-21)7-6-14-13-15(22)8-11-20(14,18)3/h6-7,12-13,16-18H,4-5,8-11H2,1-3H3. The Bertz CT molecular complexity index is 540. The van der Waals surface area contributed by atoms with Crippen LogP contribution in [0.4, 0.5) is 0 Å². The molecular formula is C20H28O2. The van der Waals surface area contributed by atoms with E-state index in [2.05, 4.69) is 32.9 Å². The fourth-order valence-corrected chi connectivity index (χ4v) is 5.34. The molecule has 0 aromatic rings. The third kappa shape index (κ3) is 2.41. The summed E-state index contributed by atoms with van der Waals surface area (Å²) >= 11 is 0. The zero-order valence-corrected chi connectivity index (χ0v) is 14.1. The van der Waals surface area contributed by atoms with E-state index in [9.17, 15) is 9.59 Å². The molecule has 2 nitrogen and oxygen atoms in total. The normalized spacial score (nSPS) is 39.7. The number of allylic oxidation sites excluding steroid dienone is 4. The zero-order valence-electron chi connectivity index (χ0n) is 14.1. The number of aldehydes is 1. The summed E-state index contributed by atoms with van der Waals surface area (Å²) in [6.45, 7) is 7.09. The summed E-state index contributed by atoms with van der Waals surface area (Å²) in [6.07, 6.45) is 13.3. The van der Waals surface area contributed by atoms with E-state index in [1.165, 1.54) is 18.4 Å². The lowest BCUT2D eigenvalue weighted by atomic mass is 9.48. The molecule has 3 rings (SSSR count). The van der Waals surface area contributed by atoms with Crippen LogP contribution in [0.5, 0.6) is 0 Å². The Labute approximate surface area is 134 Å². The monoisotopic (exact) mass is 300 g/mol. The first-order valence-corrected chi connectivity index (χ1v) is 8.75. The molecule has 0 aromatic heterocycles. The van der Waals surface area contributed by atoms with Crippen molar-refractivity contribution in [3.05, 3.63) is 23.8 Å². The highest BCUT2D eigenvalue weighted by atomic mass is 16.1. The van der Waals surface area contributed by atoms with Crippen LogP contribution in [-0.4, -0.2) is 12.1 Å². The minimum absolute atomic E-state index is 0.156. The van der Waals surface area contributed by atoms with Gasteiger partial charge in [0.05, 0.1) is 0 Å². The van der Waals surface area contributed by atoms with Gasteiger partial charge >= 0.3 is 0 Å². The van der Waals surface area contributed by atoms with E-state index < -0.39 is 0 Å². The number of carbonyl (C=O) groups excluding carboxylic acids is 2. The molecule has 0 aromatic carbocycles. The third-order valence-corrected chi connectivity index (χ3v) is 6.81. The van der Waals surface area contributed by atoms with E-state index in [0.29, 0.717) is 36.0 Å². The maximum Gasteiger partial charge on any atom is 0.156 e. The Hall–Kier alpha value is -1.18. The number of rotatable bonds is 3. The van der Waals surface area contributed by atoms with Gasteiger partial charge in [0.15, 0.2) is 5.78 Å². The predicted octanol–water partition coefficient (Wildman–Crippen LogP) is 4.50. The van der Waals surface area contributed by atoms with Gasteiger partial charge in [-0.1, -0.05) is 32.9 Å². The number of fused-ring (bicyclic) bond motifs is 3. The first-order valence-electron chi connectivity index (χ1n) is 8.75. The first kappa shape index (κ1) is 15.7. The molecule has 4 atom stereocenters. The summed E-state index contributed by atoms with van der Waals surface area (Å²) in [5.74, 6) is 2.04. The second kappa shape index (κ2) is 5.47. The molecule has 3 aliphatic carbocycles. The predicted molar refractivity (Wildman–Crippen MR) is 88.4 cm³/mol. The van der Waals surface area contributed by atoms with Crippen molar-refractivity contribution in [2.45, 2.75) is 59.3 Å². The van der Waals surface area contributed by atoms with Crippen LogP contribution in [0.2, 0.25) is 0 Å². The number of hydrogen-bond donors (Lipinski definition) is 0. The van der Waals surface area contributed by atoms with E-state index in [1.54, 1.807) is 0 Å². The summed E-state index contributed by atoms with van der Waals surface area (Å²) in [4.78, 5) is 22.7. The van der Waals surface area contributed by atoms with Crippen molar-refractivity contribution in [1.82, 2.24) is 0 Å². The quantitative estimate of drug-likeness (QED) is 0.719. The molecule has 0 heterocycles. The van der Waals surface area contributed by atoms with Crippen molar-refractivity contribution < 1.29 is 9.59 Å². The van der Waals surface area contributed by atoms with Crippen LogP contribution in [0.25, 0.3) is 0 Å². The lowest BCUT2D eigenvalue weighted by molar-refractivity contribution is -0.116. The van der Waals surface area contributed by atoms with Gasteiger partial charge in [0, 0.05) is 12.8 Å². The van der Waals surface area contributed by atoms with Crippen LogP contribution in [-0.2, 0) is 9.59 Å². The topological polar surface area (TPSA) is 34.1 Å². The SMILES string of the molecule is CC1(C)CCC2C(C=CC3=CC(=O)CCC32C)C1CCC=O. The molecule has 1 fully saturated rings. The minimum atomic E-state index is 0.156. The van der Waals surface area contributed by atoms with Crippen molar-refractivity contribution in [2.75, 3.05) is 0 Å². The highest BCUT2D eigenvalue weighted by molar-refractivity contribution is 5.92. The molecule has 0 radical (unpaired) electrons. The minimum Gasteiger partial charge on any atom is -0.303 e. The molecule has 120 valence electrons. The molecule has 0 N–H and O–H groups in total. The summed E-state index contributed by atoms with van der Waals surface area (Å²) in [5, 5.41) is 0. The van der Waals surface area contributed by atoms with E-state index in [-0.39, 0.29) is 11.2 Å². The Balaban J connectivity index is 1.97. The molecule has 4 unspecified atom stereocenters. The van der Waals surface area contributed by atoms with Crippen LogP contribution >= 0.6 is 0 Å². The van der Waals surface area contributed by atoms with Crippen molar-refractivity contribution in [3.8, 4) is 0 Å². The van der Waals surface area contributed by atoms with Crippen LogP contribution in [0.3, 0.4) is 0 Å². The molecule has 0 amide bonds. The van der Waals surface area contributed by atoms with Crippen molar-refractivity contribution in [1.29, 1.82) is 0 Å². The average Bonchev–Trinajstić information content (AvgIpc) is 2.46. The van der Waals surface area contributed by atoms with Crippen LogP contribution in [0.15, 0.2) is 23.8 Å². The number of carbonyl (C=O) groups is 2. The fourth-order valence-electron chi connectivity index (χ4n) is 5.34. The average molecular weight is 300 g/mol. The maximum absolute atomic E-state index is 11.8. The summed E-state index contributed by atoms with van der Waals surface area (Å²) in [7, 11) is 0. The fraction of sp³-hybridized carbons (Fsp3) is 0.700. The molecule has 0 saturated heterocycles. The maximum atomic E-state index is 11.8. The molecule has 3 aliphatic rings. The van der Waals surface area contributed by atoms with Gasteiger partial charge in [0.1, 0.15) is 6.29 Å². The lowest BCUT2D eigenvalue weighted by Crippen LogP contribution is -2.48. The van der Waals surface area contributed by atoms with Crippen LogP contribution in [0, 0.1) is 28.6 Å². The van der Waals surface area contributed by atoms with Gasteiger partial charge in [0.25, 0.3) is 0 Å². The van der Waals surface area contributed by atoms with Crippen molar-refractivity contribution in [2.24, 2.45) is 28.6 Å².